The summed E-state index contributed by atoms with van der Waals surface area (Å²) in [6, 6.07) is 10.5. The number of nitrogens with zero attached hydrogens (tertiary/aromatic N) is 4. The number of aromatic nitrogens is 2. The van der Waals surface area contributed by atoms with Crippen LogP contribution in [-0.2, 0) is 0 Å². The number of fused-ring (bicyclic) bond motifs is 3. The van der Waals surface area contributed by atoms with Crippen molar-refractivity contribution in [2.75, 3.05) is 31.6 Å². The zero-order valence-electron chi connectivity index (χ0n) is 17.3. The van der Waals surface area contributed by atoms with E-state index in [1.807, 2.05) is 24.3 Å². The first-order valence-electron chi connectivity index (χ1n) is 11.2. The smallest absolute Gasteiger partial charge is 0.222 e. The third-order valence-electron chi connectivity index (χ3n) is 7.11. The summed E-state index contributed by atoms with van der Waals surface area (Å²) in [4.78, 5) is 11.2. The Labute approximate surface area is 178 Å². The van der Waals surface area contributed by atoms with Crippen molar-refractivity contribution in [2.45, 2.75) is 44.1 Å². The summed E-state index contributed by atoms with van der Waals surface area (Å²) in [5, 5.41) is 12.7. The van der Waals surface area contributed by atoms with Crippen LogP contribution in [0.4, 0.5) is 5.95 Å². The second-order valence-electron chi connectivity index (χ2n) is 9.02. The van der Waals surface area contributed by atoms with Crippen LogP contribution in [0.15, 0.2) is 36.7 Å². The molecule has 1 aliphatic carbocycles. The van der Waals surface area contributed by atoms with Crippen LogP contribution in [0.3, 0.4) is 0 Å². The van der Waals surface area contributed by atoms with E-state index in [4.69, 9.17) is 4.74 Å². The van der Waals surface area contributed by atoms with E-state index in [1.165, 1.54) is 44.2 Å². The average Bonchev–Trinajstić information content (AvgIpc) is 3.23. The molecule has 0 unspecified atom stereocenters. The number of nitriles is 1. The van der Waals surface area contributed by atoms with Crippen molar-refractivity contribution in [3.8, 4) is 11.8 Å². The van der Waals surface area contributed by atoms with E-state index in [2.05, 4.69) is 26.3 Å². The molecule has 0 amide bonds. The highest BCUT2D eigenvalue weighted by Gasteiger charge is 2.38. The van der Waals surface area contributed by atoms with Gasteiger partial charge >= 0.3 is 0 Å². The minimum Gasteiger partial charge on any atom is -0.493 e. The molecule has 0 spiro atoms. The Kier molecular flexibility index (Phi) is 5.54. The highest BCUT2D eigenvalue weighted by atomic mass is 16.5. The Hall–Kier alpha value is -2.65. The molecule has 5 rings (SSSR count). The summed E-state index contributed by atoms with van der Waals surface area (Å²) in [6.45, 7) is 4.19. The zero-order chi connectivity index (χ0) is 20.3. The Morgan fingerprint density at radius 1 is 1.13 bits per heavy atom. The maximum Gasteiger partial charge on any atom is 0.222 e. The maximum atomic E-state index is 9.25. The van der Waals surface area contributed by atoms with Gasteiger partial charge in [0.1, 0.15) is 5.75 Å². The van der Waals surface area contributed by atoms with Crippen LogP contribution < -0.4 is 10.1 Å². The molecule has 156 valence electrons. The van der Waals surface area contributed by atoms with Gasteiger partial charge in [-0.3, -0.25) is 0 Å². The fourth-order valence-electron chi connectivity index (χ4n) is 5.42. The number of anilines is 1. The number of likely N-dealkylation sites (tertiary alicyclic amines) is 1. The van der Waals surface area contributed by atoms with Crippen molar-refractivity contribution in [3.05, 3.63) is 47.8 Å². The van der Waals surface area contributed by atoms with Gasteiger partial charge in [-0.05, 0) is 68.8 Å². The molecule has 1 N–H and O–H groups in total. The monoisotopic (exact) mass is 403 g/mol. The third kappa shape index (κ3) is 4.13. The maximum absolute atomic E-state index is 9.25. The Bertz CT molecular complexity index is 904. The van der Waals surface area contributed by atoms with Crippen molar-refractivity contribution in [2.24, 2.45) is 11.8 Å². The zero-order valence-corrected chi connectivity index (χ0v) is 17.3. The van der Waals surface area contributed by atoms with Crippen molar-refractivity contribution >= 4 is 5.95 Å². The lowest BCUT2D eigenvalue weighted by Crippen LogP contribution is -2.29. The normalized spacial score (nSPS) is 28.1. The fourth-order valence-corrected chi connectivity index (χ4v) is 5.42. The predicted octanol–water partition coefficient (Wildman–Crippen LogP) is 3.82. The van der Waals surface area contributed by atoms with Crippen LogP contribution in [-0.4, -0.2) is 47.2 Å². The van der Waals surface area contributed by atoms with Crippen LogP contribution in [0.5, 0.6) is 5.75 Å². The molecule has 3 heterocycles. The lowest BCUT2D eigenvalue weighted by atomic mass is 9.84. The number of rotatable bonds is 5. The van der Waals surface area contributed by atoms with E-state index in [9.17, 15) is 5.26 Å². The molecule has 1 aromatic heterocycles. The van der Waals surface area contributed by atoms with E-state index < -0.39 is 0 Å². The first-order valence-corrected chi connectivity index (χ1v) is 11.2. The lowest BCUT2D eigenvalue weighted by Gasteiger charge is -2.30. The van der Waals surface area contributed by atoms with E-state index in [-0.39, 0.29) is 0 Å². The Morgan fingerprint density at radius 2 is 1.97 bits per heavy atom. The molecule has 0 radical (unpaired) electrons. The number of hydrogen-bond donors (Lipinski definition) is 1. The van der Waals surface area contributed by atoms with Crippen LogP contribution in [0.25, 0.3) is 0 Å². The van der Waals surface area contributed by atoms with Crippen molar-refractivity contribution in [3.63, 3.8) is 0 Å². The van der Waals surface area contributed by atoms with E-state index >= 15 is 0 Å². The molecule has 1 aromatic carbocycles. The Morgan fingerprint density at radius 3 is 2.77 bits per heavy atom. The summed E-state index contributed by atoms with van der Waals surface area (Å²) in [7, 11) is 0. The molecule has 1 saturated heterocycles. The second-order valence-corrected chi connectivity index (χ2v) is 9.02. The topological polar surface area (TPSA) is 74.1 Å². The number of nitrogens with one attached hydrogen (secondary N) is 1. The molecule has 2 aromatic rings. The van der Waals surface area contributed by atoms with Gasteiger partial charge in [-0.15, -0.1) is 0 Å². The molecule has 2 atom stereocenters. The summed E-state index contributed by atoms with van der Waals surface area (Å²) in [5.74, 6) is 3.61. The van der Waals surface area contributed by atoms with E-state index in [0.717, 1.165) is 42.9 Å². The molecule has 1 saturated carbocycles. The number of benzene rings is 1. The largest absolute Gasteiger partial charge is 0.493 e. The molecule has 6 nitrogen and oxygen atoms in total. The van der Waals surface area contributed by atoms with Gasteiger partial charge in [-0.2, -0.15) is 5.26 Å². The minimum atomic E-state index is 0.501. The Balaban J connectivity index is 1.10. The van der Waals surface area contributed by atoms with Crippen molar-refractivity contribution < 1.29 is 4.74 Å². The van der Waals surface area contributed by atoms with Crippen molar-refractivity contribution in [1.29, 1.82) is 5.26 Å². The van der Waals surface area contributed by atoms with Gasteiger partial charge in [0.05, 0.1) is 18.2 Å². The standard InChI is InChI=1S/C24H29N5O/c25-13-18-4-7-23-21(12-18)22-15-29(14-19(22)16-30-23)11-8-17-2-5-20(6-3-17)28-24-26-9-1-10-27-24/h1,4,7,9-10,12,17,19-20,22H,2-3,5-6,8,11,14-16H2,(H,26,27,28)/t17?,19-,20?,22+/m0/s1. The summed E-state index contributed by atoms with van der Waals surface area (Å²) in [5.41, 5.74) is 1.98. The van der Waals surface area contributed by atoms with Crippen LogP contribution >= 0.6 is 0 Å². The molecule has 3 aliphatic rings. The SMILES string of the molecule is N#Cc1ccc2c(c1)[C@@H]1CN(CCC3CCC(Nc4ncccn4)CC3)C[C@H]1CO2. The minimum absolute atomic E-state index is 0.501. The van der Waals surface area contributed by atoms with Gasteiger partial charge in [-0.1, -0.05) is 0 Å². The third-order valence-corrected chi connectivity index (χ3v) is 7.11. The molecule has 6 heteroatoms. The van der Waals surface area contributed by atoms with Crippen LogP contribution in [0.2, 0.25) is 0 Å². The summed E-state index contributed by atoms with van der Waals surface area (Å²) >= 11 is 0. The number of hydrogen-bond acceptors (Lipinski definition) is 6. The second kappa shape index (κ2) is 8.61. The van der Waals surface area contributed by atoms with Crippen molar-refractivity contribution in [1.82, 2.24) is 14.9 Å². The lowest BCUT2D eigenvalue weighted by molar-refractivity contribution is 0.209. The van der Waals surface area contributed by atoms with E-state index in [0.29, 0.717) is 17.9 Å². The van der Waals surface area contributed by atoms with Gasteiger partial charge in [0.2, 0.25) is 5.95 Å². The fraction of sp³-hybridized carbons (Fsp3) is 0.542. The van der Waals surface area contributed by atoms with Gasteiger partial charge in [0, 0.05) is 48.9 Å². The quantitative estimate of drug-likeness (QED) is 0.818. The first-order chi connectivity index (χ1) is 14.8. The van der Waals surface area contributed by atoms with E-state index in [1.54, 1.807) is 12.4 Å². The van der Waals surface area contributed by atoms with Gasteiger partial charge < -0.3 is 15.0 Å². The molecule has 2 aliphatic heterocycles. The number of ether oxygens (including phenoxy) is 1. The summed E-state index contributed by atoms with van der Waals surface area (Å²) < 4.78 is 5.99. The first kappa shape index (κ1) is 19.3. The van der Waals surface area contributed by atoms with Gasteiger partial charge in [0.25, 0.3) is 0 Å². The molecule has 2 fully saturated rings. The van der Waals surface area contributed by atoms with Gasteiger partial charge in [-0.25, -0.2) is 9.97 Å². The predicted molar refractivity (Wildman–Crippen MR) is 115 cm³/mol. The molecule has 0 bridgehead atoms. The molecular weight excluding hydrogens is 374 g/mol. The highest BCUT2D eigenvalue weighted by Crippen LogP contribution is 2.42. The average molecular weight is 404 g/mol. The molecule has 30 heavy (non-hydrogen) atoms. The molecular formula is C24H29N5O. The highest BCUT2D eigenvalue weighted by molar-refractivity contribution is 5.46. The van der Waals surface area contributed by atoms with Crippen LogP contribution in [0, 0.1) is 23.2 Å². The summed E-state index contributed by atoms with van der Waals surface area (Å²) in [6.07, 6.45) is 9.82. The van der Waals surface area contributed by atoms with Gasteiger partial charge in [0.15, 0.2) is 0 Å². The van der Waals surface area contributed by atoms with Crippen LogP contribution in [0.1, 0.15) is 49.1 Å².